The zero-order valence-corrected chi connectivity index (χ0v) is 7.99. The molecular formula is C9H10FN3O. The molecule has 74 valence electrons. The molecule has 0 saturated heterocycles. The molecule has 0 unspecified atom stereocenters. The van der Waals surface area contributed by atoms with Crippen molar-refractivity contribution in [3.63, 3.8) is 0 Å². The molecule has 2 aromatic heterocycles. The Bertz CT molecular complexity index is 541. The molecule has 2 rings (SSSR count). The van der Waals surface area contributed by atoms with Crippen molar-refractivity contribution in [2.45, 2.75) is 13.5 Å². The van der Waals surface area contributed by atoms with E-state index in [0.717, 1.165) is 0 Å². The maximum Gasteiger partial charge on any atom is 0.265 e. The third-order valence-electron chi connectivity index (χ3n) is 2.23. The number of aromatic nitrogens is 3. The van der Waals surface area contributed by atoms with Crippen molar-refractivity contribution in [2.75, 3.05) is 0 Å². The van der Waals surface area contributed by atoms with Gasteiger partial charge in [-0.05, 0) is 6.92 Å². The average Bonchev–Trinajstić information content (AvgIpc) is 2.49. The zero-order valence-electron chi connectivity index (χ0n) is 7.99. The van der Waals surface area contributed by atoms with Crippen molar-refractivity contribution >= 4 is 11.0 Å². The van der Waals surface area contributed by atoms with Crippen LogP contribution in [0.3, 0.4) is 0 Å². The molecular weight excluding hydrogens is 185 g/mol. The van der Waals surface area contributed by atoms with Gasteiger partial charge in [-0.2, -0.15) is 0 Å². The number of hydrogen-bond donors (Lipinski definition) is 0. The Kier molecular flexibility index (Phi) is 1.87. The summed E-state index contributed by atoms with van der Waals surface area (Å²) in [6.45, 7) is 2.47. The third-order valence-corrected chi connectivity index (χ3v) is 2.23. The van der Waals surface area contributed by atoms with Gasteiger partial charge in [-0.15, -0.1) is 0 Å². The number of nitrogens with zero attached hydrogens (tertiary/aromatic N) is 3. The van der Waals surface area contributed by atoms with Gasteiger partial charge in [0.25, 0.3) is 5.56 Å². The highest BCUT2D eigenvalue weighted by Gasteiger charge is 2.12. The Morgan fingerprint density at radius 2 is 2.29 bits per heavy atom. The molecule has 0 bridgehead atoms. The van der Waals surface area contributed by atoms with E-state index in [1.54, 1.807) is 11.6 Å². The van der Waals surface area contributed by atoms with E-state index in [1.165, 1.54) is 17.1 Å². The first-order valence-corrected chi connectivity index (χ1v) is 4.35. The Morgan fingerprint density at radius 3 is 2.93 bits per heavy atom. The van der Waals surface area contributed by atoms with Gasteiger partial charge in [0.1, 0.15) is 11.0 Å². The van der Waals surface area contributed by atoms with Crippen molar-refractivity contribution in [3.8, 4) is 0 Å². The van der Waals surface area contributed by atoms with E-state index >= 15 is 0 Å². The Hall–Kier alpha value is -1.65. The Morgan fingerprint density at radius 1 is 1.57 bits per heavy atom. The molecule has 2 aromatic rings. The van der Waals surface area contributed by atoms with E-state index in [1.807, 2.05) is 6.92 Å². The van der Waals surface area contributed by atoms with E-state index in [0.29, 0.717) is 12.2 Å². The van der Waals surface area contributed by atoms with E-state index in [4.69, 9.17) is 0 Å². The lowest BCUT2D eigenvalue weighted by Gasteiger charge is -1.99. The molecule has 0 atom stereocenters. The van der Waals surface area contributed by atoms with Gasteiger partial charge in [-0.25, -0.2) is 9.37 Å². The molecule has 0 aliphatic heterocycles. The van der Waals surface area contributed by atoms with Crippen LogP contribution in [0.5, 0.6) is 0 Å². The average molecular weight is 195 g/mol. The highest BCUT2D eigenvalue weighted by atomic mass is 19.1. The van der Waals surface area contributed by atoms with Crippen LogP contribution in [0.1, 0.15) is 6.92 Å². The van der Waals surface area contributed by atoms with Crippen molar-refractivity contribution in [2.24, 2.45) is 7.05 Å². The molecule has 4 nitrogen and oxygen atoms in total. The van der Waals surface area contributed by atoms with E-state index in [9.17, 15) is 9.18 Å². The normalized spacial score (nSPS) is 11.1. The van der Waals surface area contributed by atoms with Gasteiger partial charge >= 0.3 is 0 Å². The van der Waals surface area contributed by atoms with Crippen LogP contribution in [0.4, 0.5) is 4.39 Å². The van der Waals surface area contributed by atoms with Gasteiger partial charge in [-0.3, -0.25) is 4.79 Å². The summed E-state index contributed by atoms with van der Waals surface area (Å²) in [7, 11) is 1.55. The second-order valence-corrected chi connectivity index (χ2v) is 3.12. The fourth-order valence-corrected chi connectivity index (χ4v) is 1.46. The lowest BCUT2D eigenvalue weighted by atomic mass is 10.4. The summed E-state index contributed by atoms with van der Waals surface area (Å²) in [6.07, 6.45) is 2.70. The molecule has 0 aromatic carbocycles. The monoisotopic (exact) mass is 195 g/mol. The number of fused-ring (bicyclic) bond motifs is 1. The number of aryl methyl sites for hydroxylation is 2. The van der Waals surface area contributed by atoms with Crippen LogP contribution < -0.4 is 5.56 Å². The largest absolute Gasteiger partial charge is 0.330 e. The molecule has 0 saturated carbocycles. The van der Waals surface area contributed by atoms with Crippen LogP contribution in [-0.2, 0) is 13.6 Å². The van der Waals surface area contributed by atoms with E-state index in [2.05, 4.69) is 4.98 Å². The van der Waals surface area contributed by atoms with Crippen LogP contribution in [-0.4, -0.2) is 14.1 Å². The second-order valence-electron chi connectivity index (χ2n) is 3.12. The molecule has 14 heavy (non-hydrogen) atoms. The minimum atomic E-state index is -0.504. The molecule has 0 radical (unpaired) electrons. The van der Waals surface area contributed by atoms with Gasteiger partial charge in [0.15, 0.2) is 5.82 Å². The topological polar surface area (TPSA) is 39.8 Å². The molecule has 5 heteroatoms. The van der Waals surface area contributed by atoms with Crippen molar-refractivity contribution in [1.29, 1.82) is 0 Å². The van der Waals surface area contributed by atoms with Crippen LogP contribution in [0.15, 0.2) is 17.3 Å². The zero-order chi connectivity index (χ0) is 10.3. The van der Waals surface area contributed by atoms with Crippen molar-refractivity contribution < 1.29 is 4.39 Å². The van der Waals surface area contributed by atoms with Crippen LogP contribution in [0, 0.1) is 5.82 Å². The fraction of sp³-hybridized carbons (Fsp3) is 0.333. The molecule has 0 aliphatic rings. The van der Waals surface area contributed by atoms with E-state index in [-0.39, 0.29) is 10.9 Å². The summed E-state index contributed by atoms with van der Waals surface area (Å²) in [5, 5.41) is 0.0665. The van der Waals surface area contributed by atoms with Gasteiger partial charge < -0.3 is 9.13 Å². The summed E-state index contributed by atoms with van der Waals surface area (Å²) in [4.78, 5) is 15.6. The third kappa shape index (κ3) is 1.05. The van der Waals surface area contributed by atoms with Crippen LogP contribution >= 0.6 is 0 Å². The molecule has 0 amide bonds. The summed E-state index contributed by atoms with van der Waals surface area (Å²) in [5.74, 6) is -0.504. The Labute approximate surface area is 79.6 Å². The quantitative estimate of drug-likeness (QED) is 0.678. The number of rotatable bonds is 1. The fourth-order valence-electron chi connectivity index (χ4n) is 1.46. The maximum atomic E-state index is 13.4. The minimum Gasteiger partial charge on any atom is -0.330 e. The highest BCUT2D eigenvalue weighted by molar-refractivity contribution is 5.75. The van der Waals surface area contributed by atoms with Gasteiger partial charge in [0.2, 0.25) is 0 Å². The standard InChI is InChI=1S/C9H10FN3O/c1-3-13-4-6(10)7-8(13)11-5-12(2)9(7)14/h4-5H,3H2,1-2H3. The first-order chi connectivity index (χ1) is 6.65. The molecule has 2 heterocycles. The number of hydrogen-bond acceptors (Lipinski definition) is 2. The Balaban J connectivity index is 2.97. The lowest BCUT2D eigenvalue weighted by molar-refractivity contribution is 0.626. The second kappa shape index (κ2) is 2.94. The predicted molar refractivity (Wildman–Crippen MR) is 50.6 cm³/mol. The SMILES string of the molecule is CCn1cc(F)c2c(=O)n(C)cnc21. The molecule has 0 spiro atoms. The highest BCUT2D eigenvalue weighted by Crippen LogP contribution is 2.13. The van der Waals surface area contributed by atoms with E-state index < -0.39 is 5.82 Å². The molecule has 0 N–H and O–H groups in total. The first-order valence-electron chi connectivity index (χ1n) is 4.35. The molecule has 0 fully saturated rings. The number of halogens is 1. The van der Waals surface area contributed by atoms with Gasteiger partial charge in [-0.1, -0.05) is 0 Å². The predicted octanol–water partition coefficient (Wildman–Crippen LogP) is 0.894. The summed E-state index contributed by atoms with van der Waals surface area (Å²) in [6, 6.07) is 0. The van der Waals surface area contributed by atoms with Gasteiger partial charge in [0, 0.05) is 19.8 Å². The summed E-state index contributed by atoms with van der Waals surface area (Å²) < 4.78 is 16.2. The van der Waals surface area contributed by atoms with Gasteiger partial charge in [0.05, 0.1) is 6.33 Å². The van der Waals surface area contributed by atoms with Crippen molar-refractivity contribution in [1.82, 2.24) is 14.1 Å². The lowest BCUT2D eigenvalue weighted by Crippen LogP contribution is -2.17. The maximum absolute atomic E-state index is 13.4. The molecule has 0 aliphatic carbocycles. The smallest absolute Gasteiger partial charge is 0.265 e. The summed E-state index contributed by atoms with van der Waals surface area (Å²) in [5.41, 5.74) is 0.0628. The van der Waals surface area contributed by atoms with Crippen LogP contribution in [0.2, 0.25) is 0 Å². The van der Waals surface area contributed by atoms with Crippen LogP contribution in [0.25, 0.3) is 11.0 Å². The first kappa shape index (κ1) is 8.93. The van der Waals surface area contributed by atoms with Crippen molar-refractivity contribution in [3.05, 3.63) is 28.7 Å². The summed E-state index contributed by atoms with van der Waals surface area (Å²) >= 11 is 0. The minimum absolute atomic E-state index is 0.0665.